The van der Waals surface area contributed by atoms with Gasteiger partial charge in [0.15, 0.2) is 0 Å². The summed E-state index contributed by atoms with van der Waals surface area (Å²) in [6.07, 6.45) is 0.271. The Bertz CT molecular complexity index is 677. The van der Waals surface area contributed by atoms with Gasteiger partial charge in [-0.15, -0.1) is 0 Å². The number of carbonyl (C=O) groups is 2. The number of carbonyl (C=O) groups excluding carboxylic acids is 2. The largest absolute Gasteiger partial charge is 0.464 e. The second kappa shape index (κ2) is 8.34. The Balaban J connectivity index is 1.87. The summed E-state index contributed by atoms with van der Waals surface area (Å²) in [5.74, 6) is 1.27. The van der Waals surface area contributed by atoms with Crippen molar-refractivity contribution in [3.05, 3.63) is 59.5 Å². The van der Waals surface area contributed by atoms with Crippen LogP contribution in [0.25, 0.3) is 0 Å². The molecule has 2 rings (SSSR count). The van der Waals surface area contributed by atoms with Gasteiger partial charge in [-0.25, -0.2) is 0 Å². The summed E-state index contributed by atoms with van der Waals surface area (Å²) in [5, 5.41) is 2.70. The van der Waals surface area contributed by atoms with E-state index in [1.54, 1.807) is 4.90 Å². The van der Waals surface area contributed by atoms with Crippen LogP contribution in [0, 0.1) is 6.92 Å². The van der Waals surface area contributed by atoms with Gasteiger partial charge in [0.25, 0.3) is 0 Å². The van der Waals surface area contributed by atoms with E-state index in [1.807, 2.05) is 63.2 Å². The number of benzene rings is 1. The molecule has 0 unspecified atom stereocenters. The van der Waals surface area contributed by atoms with Crippen molar-refractivity contribution < 1.29 is 14.0 Å². The molecule has 128 valence electrons. The zero-order chi connectivity index (χ0) is 17.5. The van der Waals surface area contributed by atoms with Crippen LogP contribution < -0.4 is 5.32 Å². The fourth-order valence-electron chi connectivity index (χ4n) is 2.42. The van der Waals surface area contributed by atoms with Gasteiger partial charge in [-0.1, -0.05) is 30.3 Å². The van der Waals surface area contributed by atoms with Crippen molar-refractivity contribution >= 4 is 11.8 Å². The van der Waals surface area contributed by atoms with E-state index in [9.17, 15) is 9.59 Å². The van der Waals surface area contributed by atoms with Crippen LogP contribution in [0.15, 0.2) is 46.9 Å². The molecule has 2 amide bonds. The maximum atomic E-state index is 12.4. The predicted octanol–water partition coefficient (Wildman–Crippen LogP) is 2.68. The molecule has 0 aliphatic carbocycles. The first kappa shape index (κ1) is 17.8. The van der Waals surface area contributed by atoms with Crippen molar-refractivity contribution in [3.8, 4) is 0 Å². The third-order valence-corrected chi connectivity index (χ3v) is 3.71. The quantitative estimate of drug-likeness (QED) is 0.850. The van der Waals surface area contributed by atoms with E-state index in [-0.39, 0.29) is 30.8 Å². The predicted molar refractivity (Wildman–Crippen MR) is 92.3 cm³/mol. The third kappa shape index (κ3) is 5.26. The number of nitrogens with one attached hydrogen (secondary N) is 1. The highest BCUT2D eigenvalue weighted by Gasteiger charge is 2.19. The molecule has 0 atom stereocenters. The van der Waals surface area contributed by atoms with Crippen LogP contribution in [-0.4, -0.2) is 29.3 Å². The smallest absolute Gasteiger partial charge is 0.242 e. The standard InChI is InChI=1S/C19H24N2O3/c1-14(2)21(13-17-10-9-15(3)24-17)19(23)12-20-18(22)11-16-7-5-4-6-8-16/h4-10,14H,11-13H2,1-3H3,(H,20,22). The minimum absolute atomic E-state index is 0.0104. The highest BCUT2D eigenvalue weighted by atomic mass is 16.3. The monoisotopic (exact) mass is 328 g/mol. The Labute approximate surface area is 142 Å². The molecule has 0 bridgehead atoms. The highest BCUT2D eigenvalue weighted by molar-refractivity contribution is 5.85. The molecule has 1 N–H and O–H groups in total. The maximum absolute atomic E-state index is 12.4. The van der Waals surface area contributed by atoms with Gasteiger partial charge < -0.3 is 14.6 Å². The average molecular weight is 328 g/mol. The van der Waals surface area contributed by atoms with Gasteiger partial charge in [-0.2, -0.15) is 0 Å². The molecule has 0 radical (unpaired) electrons. The molecule has 0 saturated heterocycles. The fraction of sp³-hybridized carbons (Fsp3) is 0.368. The normalized spacial score (nSPS) is 10.7. The second-order valence-electron chi connectivity index (χ2n) is 6.07. The molecule has 0 spiro atoms. The van der Waals surface area contributed by atoms with Crippen molar-refractivity contribution in [2.45, 2.75) is 39.8 Å². The molecule has 1 aromatic carbocycles. The lowest BCUT2D eigenvalue weighted by Crippen LogP contribution is -2.43. The molecule has 1 aromatic heterocycles. The number of hydrogen-bond acceptors (Lipinski definition) is 3. The topological polar surface area (TPSA) is 62.6 Å². The summed E-state index contributed by atoms with van der Waals surface area (Å²) in [7, 11) is 0. The summed E-state index contributed by atoms with van der Waals surface area (Å²) in [6, 6.07) is 13.2. The highest BCUT2D eigenvalue weighted by Crippen LogP contribution is 2.12. The molecular weight excluding hydrogens is 304 g/mol. The summed E-state index contributed by atoms with van der Waals surface area (Å²) in [5.41, 5.74) is 0.925. The summed E-state index contributed by atoms with van der Waals surface area (Å²) < 4.78 is 5.54. The van der Waals surface area contributed by atoms with Gasteiger partial charge in [0, 0.05) is 6.04 Å². The lowest BCUT2D eigenvalue weighted by molar-refractivity contribution is -0.135. The van der Waals surface area contributed by atoms with E-state index < -0.39 is 0 Å². The number of furan rings is 1. The Morgan fingerprint density at radius 2 is 1.83 bits per heavy atom. The summed E-state index contributed by atoms with van der Waals surface area (Å²) in [6.45, 7) is 6.15. The second-order valence-corrected chi connectivity index (χ2v) is 6.07. The zero-order valence-corrected chi connectivity index (χ0v) is 14.4. The Morgan fingerprint density at radius 1 is 1.12 bits per heavy atom. The van der Waals surface area contributed by atoms with Crippen molar-refractivity contribution in [1.29, 1.82) is 0 Å². The van der Waals surface area contributed by atoms with Crippen molar-refractivity contribution in [1.82, 2.24) is 10.2 Å². The third-order valence-electron chi connectivity index (χ3n) is 3.71. The van der Waals surface area contributed by atoms with Crippen molar-refractivity contribution in [3.63, 3.8) is 0 Å². The summed E-state index contributed by atoms with van der Waals surface area (Å²) >= 11 is 0. The van der Waals surface area contributed by atoms with Crippen LogP contribution in [0.1, 0.15) is 30.9 Å². The lowest BCUT2D eigenvalue weighted by Gasteiger charge is -2.26. The van der Waals surface area contributed by atoms with E-state index in [4.69, 9.17) is 4.42 Å². The van der Waals surface area contributed by atoms with E-state index in [0.29, 0.717) is 6.54 Å². The van der Waals surface area contributed by atoms with E-state index in [0.717, 1.165) is 17.1 Å². The maximum Gasteiger partial charge on any atom is 0.242 e. The molecule has 5 nitrogen and oxygen atoms in total. The van der Waals surface area contributed by atoms with Gasteiger partial charge in [0.2, 0.25) is 11.8 Å². The number of hydrogen-bond donors (Lipinski definition) is 1. The van der Waals surface area contributed by atoms with Gasteiger partial charge in [0.1, 0.15) is 11.5 Å². The minimum atomic E-state index is -0.160. The molecule has 24 heavy (non-hydrogen) atoms. The van der Waals surface area contributed by atoms with Gasteiger partial charge in [0.05, 0.1) is 19.5 Å². The molecule has 0 fully saturated rings. The molecule has 0 aliphatic heterocycles. The fourth-order valence-corrected chi connectivity index (χ4v) is 2.42. The molecule has 2 aromatic rings. The average Bonchev–Trinajstić information content (AvgIpc) is 2.96. The molecule has 0 aliphatic rings. The van der Waals surface area contributed by atoms with Gasteiger partial charge in [-0.3, -0.25) is 9.59 Å². The van der Waals surface area contributed by atoms with E-state index in [2.05, 4.69) is 5.32 Å². The van der Waals surface area contributed by atoms with Gasteiger partial charge in [-0.05, 0) is 38.5 Å². The van der Waals surface area contributed by atoms with Crippen LogP contribution in [0.5, 0.6) is 0 Å². The van der Waals surface area contributed by atoms with Crippen LogP contribution in [0.3, 0.4) is 0 Å². The van der Waals surface area contributed by atoms with Crippen molar-refractivity contribution in [2.75, 3.05) is 6.54 Å². The first-order valence-electron chi connectivity index (χ1n) is 8.11. The Hall–Kier alpha value is -2.56. The number of amides is 2. The van der Waals surface area contributed by atoms with E-state index in [1.165, 1.54) is 0 Å². The Morgan fingerprint density at radius 3 is 2.42 bits per heavy atom. The molecule has 0 saturated carbocycles. The van der Waals surface area contributed by atoms with Crippen molar-refractivity contribution in [2.24, 2.45) is 0 Å². The minimum Gasteiger partial charge on any atom is -0.464 e. The van der Waals surface area contributed by atoms with Crippen LogP contribution in [-0.2, 0) is 22.6 Å². The molecule has 1 heterocycles. The number of nitrogens with zero attached hydrogens (tertiary/aromatic N) is 1. The first-order valence-corrected chi connectivity index (χ1v) is 8.11. The van der Waals surface area contributed by atoms with Crippen LogP contribution in [0.4, 0.5) is 0 Å². The first-order chi connectivity index (χ1) is 11.5. The summed E-state index contributed by atoms with van der Waals surface area (Å²) in [4.78, 5) is 26.1. The molecule has 5 heteroatoms. The van der Waals surface area contributed by atoms with Gasteiger partial charge >= 0.3 is 0 Å². The van der Waals surface area contributed by atoms with Crippen LogP contribution >= 0.6 is 0 Å². The lowest BCUT2D eigenvalue weighted by atomic mass is 10.1. The number of rotatable bonds is 7. The SMILES string of the molecule is Cc1ccc(CN(C(=O)CNC(=O)Cc2ccccc2)C(C)C)o1. The molecular formula is C19H24N2O3. The van der Waals surface area contributed by atoms with E-state index >= 15 is 0 Å². The van der Waals surface area contributed by atoms with Crippen LogP contribution in [0.2, 0.25) is 0 Å². The Kier molecular flexibility index (Phi) is 6.18. The zero-order valence-electron chi connectivity index (χ0n) is 14.4. The number of aryl methyl sites for hydroxylation is 1.